The van der Waals surface area contributed by atoms with Crippen LogP contribution >= 0.6 is 0 Å². The Bertz CT molecular complexity index is 290. The summed E-state index contributed by atoms with van der Waals surface area (Å²) in [6.45, 7) is 11.4. The summed E-state index contributed by atoms with van der Waals surface area (Å²) in [6.07, 6.45) is 1.85. The summed E-state index contributed by atoms with van der Waals surface area (Å²) in [5.41, 5.74) is 2.65. The van der Waals surface area contributed by atoms with Gasteiger partial charge in [-0.2, -0.15) is 0 Å². The van der Waals surface area contributed by atoms with Crippen LogP contribution in [0.1, 0.15) is 26.3 Å². The molecular formula is C13H19N. The Hall–Kier alpha value is -1.24. The molecule has 0 fully saturated rings. The fourth-order valence-electron chi connectivity index (χ4n) is 1.10. The van der Waals surface area contributed by atoms with Crippen LogP contribution in [-0.2, 0) is 0 Å². The van der Waals surface area contributed by atoms with Crippen molar-refractivity contribution in [1.29, 1.82) is 0 Å². The molecule has 0 saturated heterocycles. The van der Waals surface area contributed by atoms with Crippen LogP contribution in [-0.4, -0.2) is 6.54 Å². The van der Waals surface area contributed by atoms with E-state index in [1.807, 2.05) is 6.08 Å². The minimum Gasteiger partial charge on any atom is -0.385 e. The van der Waals surface area contributed by atoms with Crippen LogP contribution in [0.3, 0.4) is 0 Å². The minimum absolute atomic E-state index is 0.317. The fraction of sp³-hybridized carbons (Fsp3) is 0.385. The van der Waals surface area contributed by atoms with Crippen molar-refractivity contribution in [2.24, 2.45) is 5.41 Å². The number of benzene rings is 1. The molecule has 0 aliphatic carbocycles. The number of hydrogen-bond acceptors (Lipinski definition) is 1. The van der Waals surface area contributed by atoms with Gasteiger partial charge in [-0.1, -0.05) is 45.6 Å². The first-order valence-electron chi connectivity index (χ1n) is 4.98. The molecule has 0 amide bonds. The van der Waals surface area contributed by atoms with E-state index in [-0.39, 0.29) is 0 Å². The Morgan fingerprint density at radius 3 is 2.21 bits per heavy atom. The zero-order valence-corrected chi connectivity index (χ0v) is 9.30. The Balaban J connectivity index is 2.56. The van der Waals surface area contributed by atoms with Gasteiger partial charge in [0.2, 0.25) is 0 Å². The van der Waals surface area contributed by atoms with Crippen molar-refractivity contribution < 1.29 is 0 Å². The van der Waals surface area contributed by atoms with Gasteiger partial charge in [0.15, 0.2) is 0 Å². The topological polar surface area (TPSA) is 12.0 Å². The molecule has 1 heteroatoms. The monoisotopic (exact) mass is 189 g/mol. The molecule has 0 radical (unpaired) electrons. The van der Waals surface area contributed by atoms with Gasteiger partial charge in [-0.3, -0.25) is 0 Å². The van der Waals surface area contributed by atoms with Crippen molar-refractivity contribution in [3.05, 3.63) is 36.4 Å². The van der Waals surface area contributed by atoms with Crippen molar-refractivity contribution in [2.45, 2.75) is 20.8 Å². The van der Waals surface area contributed by atoms with Gasteiger partial charge in [-0.05, 0) is 23.1 Å². The van der Waals surface area contributed by atoms with E-state index < -0.39 is 0 Å². The van der Waals surface area contributed by atoms with E-state index in [2.05, 4.69) is 56.9 Å². The third-order valence-electron chi connectivity index (χ3n) is 1.97. The number of hydrogen-bond donors (Lipinski definition) is 1. The summed E-state index contributed by atoms with van der Waals surface area (Å²) in [7, 11) is 0. The van der Waals surface area contributed by atoms with Gasteiger partial charge in [-0.25, -0.2) is 0 Å². The quantitative estimate of drug-likeness (QED) is 0.762. The van der Waals surface area contributed by atoms with Crippen LogP contribution < -0.4 is 5.32 Å². The van der Waals surface area contributed by atoms with Gasteiger partial charge in [0.1, 0.15) is 0 Å². The second-order valence-electron chi connectivity index (χ2n) is 4.74. The van der Waals surface area contributed by atoms with E-state index in [0.717, 1.165) is 12.1 Å². The SMILES string of the molecule is C=Cc1ccc(NCC(C)(C)C)cc1. The highest BCUT2D eigenvalue weighted by Gasteiger charge is 2.08. The first-order chi connectivity index (χ1) is 6.51. The van der Waals surface area contributed by atoms with Crippen LogP contribution in [0.4, 0.5) is 5.69 Å². The Morgan fingerprint density at radius 2 is 1.79 bits per heavy atom. The van der Waals surface area contributed by atoms with E-state index in [0.29, 0.717) is 5.41 Å². The number of anilines is 1. The molecule has 0 aliphatic rings. The van der Waals surface area contributed by atoms with Gasteiger partial charge in [0.25, 0.3) is 0 Å². The summed E-state index contributed by atoms with van der Waals surface area (Å²) in [4.78, 5) is 0. The van der Waals surface area contributed by atoms with Gasteiger partial charge >= 0.3 is 0 Å². The molecule has 1 rings (SSSR count). The molecule has 0 aliphatic heterocycles. The highest BCUT2D eigenvalue weighted by Crippen LogP contribution is 2.16. The first-order valence-corrected chi connectivity index (χ1v) is 4.98. The third kappa shape index (κ3) is 3.65. The van der Waals surface area contributed by atoms with Crippen molar-refractivity contribution >= 4 is 11.8 Å². The molecule has 0 heterocycles. The highest BCUT2D eigenvalue weighted by atomic mass is 14.9. The average molecular weight is 189 g/mol. The van der Waals surface area contributed by atoms with Crippen LogP contribution in [0.15, 0.2) is 30.8 Å². The van der Waals surface area contributed by atoms with E-state index in [1.165, 1.54) is 5.69 Å². The Labute approximate surface area is 86.8 Å². The molecule has 0 aromatic heterocycles. The van der Waals surface area contributed by atoms with Crippen molar-refractivity contribution in [2.75, 3.05) is 11.9 Å². The largest absolute Gasteiger partial charge is 0.385 e. The Kier molecular flexibility index (Phi) is 3.34. The molecule has 0 atom stereocenters. The van der Waals surface area contributed by atoms with Crippen LogP contribution in [0.5, 0.6) is 0 Å². The third-order valence-corrected chi connectivity index (χ3v) is 1.97. The lowest BCUT2D eigenvalue weighted by Gasteiger charge is -2.19. The minimum atomic E-state index is 0.317. The van der Waals surface area contributed by atoms with Crippen molar-refractivity contribution in [3.63, 3.8) is 0 Å². The van der Waals surface area contributed by atoms with E-state index in [4.69, 9.17) is 0 Å². The molecule has 0 unspecified atom stereocenters. The fourth-order valence-corrected chi connectivity index (χ4v) is 1.10. The van der Waals surface area contributed by atoms with Crippen LogP contribution in [0, 0.1) is 5.41 Å². The molecule has 1 N–H and O–H groups in total. The Morgan fingerprint density at radius 1 is 1.21 bits per heavy atom. The zero-order valence-electron chi connectivity index (χ0n) is 9.30. The molecule has 0 bridgehead atoms. The summed E-state index contributed by atoms with van der Waals surface area (Å²) in [6, 6.07) is 8.31. The summed E-state index contributed by atoms with van der Waals surface area (Å²) >= 11 is 0. The molecule has 76 valence electrons. The van der Waals surface area contributed by atoms with Crippen molar-refractivity contribution in [3.8, 4) is 0 Å². The lowest BCUT2D eigenvalue weighted by molar-refractivity contribution is 0.443. The number of rotatable bonds is 3. The zero-order chi connectivity index (χ0) is 10.6. The van der Waals surface area contributed by atoms with Gasteiger partial charge in [0.05, 0.1) is 0 Å². The highest BCUT2D eigenvalue weighted by molar-refractivity contribution is 5.53. The maximum atomic E-state index is 3.73. The van der Waals surface area contributed by atoms with Gasteiger partial charge < -0.3 is 5.32 Å². The number of nitrogens with one attached hydrogen (secondary N) is 1. The average Bonchev–Trinajstić information content (AvgIpc) is 2.14. The second-order valence-corrected chi connectivity index (χ2v) is 4.74. The molecule has 14 heavy (non-hydrogen) atoms. The molecule has 0 spiro atoms. The summed E-state index contributed by atoms with van der Waals surface area (Å²) in [5, 5.41) is 3.40. The molecule has 1 aromatic carbocycles. The first kappa shape index (κ1) is 10.8. The predicted molar refractivity (Wildman–Crippen MR) is 64.5 cm³/mol. The molecule has 0 saturated carbocycles. The van der Waals surface area contributed by atoms with Gasteiger partial charge in [-0.15, -0.1) is 0 Å². The van der Waals surface area contributed by atoms with E-state index >= 15 is 0 Å². The standard InChI is InChI=1S/C13H19N/c1-5-11-6-8-12(9-7-11)14-10-13(2,3)4/h5-9,14H,1,10H2,2-4H3. The van der Waals surface area contributed by atoms with Crippen molar-refractivity contribution in [1.82, 2.24) is 0 Å². The second kappa shape index (κ2) is 4.32. The van der Waals surface area contributed by atoms with Gasteiger partial charge in [0, 0.05) is 12.2 Å². The smallest absolute Gasteiger partial charge is 0.0340 e. The lowest BCUT2D eigenvalue weighted by atomic mass is 9.97. The maximum absolute atomic E-state index is 3.73. The summed E-state index contributed by atoms with van der Waals surface area (Å²) < 4.78 is 0. The normalized spacial score (nSPS) is 11.1. The van der Waals surface area contributed by atoms with E-state index in [1.54, 1.807) is 0 Å². The summed E-state index contributed by atoms with van der Waals surface area (Å²) in [5.74, 6) is 0. The van der Waals surface area contributed by atoms with Crippen LogP contribution in [0.2, 0.25) is 0 Å². The molecule has 1 aromatic rings. The molecule has 1 nitrogen and oxygen atoms in total. The predicted octanol–water partition coefficient (Wildman–Crippen LogP) is 3.79. The van der Waals surface area contributed by atoms with Crippen LogP contribution in [0.25, 0.3) is 6.08 Å². The maximum Gasteiger partial charge on any atom is 0.0340 e. The lowest BCUT2D eigenvalue weighted by Crippen LogP contribution is -2.18. The van der Waals surface area contributed by atoms with E-state index in [9.17, 15) is 0 Å². The molecular weight excluding hydrogens is 170 g/mol.